The first-order valence-electron chi connectivity index (χ1n) is 7.67. The van der Waals surface area contributed by atoms with Crippen LogP contribution in [0.2, 0.25) is 0 Å². The van der Waals surface area contributed by atoms with E-state index in [0.29, 0.717) is 4.57 Å². The van der Waals surface area contributed by atoms with Crippen molar-refractivity contribution in [3.63, 3.8) is 0 Å². The molecule has 2 heterocycles. The molecule has 156 valence electrons. The number of hydrogen-bond donors (Lipinski definition) is 5. The summed E-state index contributed by atoms with van der Waals surface area (Å²) in [5.41, 5.74) is 4.46. The fraction of sp³-hybridized carbons (Fsp3) is 0.615. The number of aliphatic carboxylic acids is 1. The molecule has 0 spiro atoms. The van der Waals surface area contributed by atoms with Crippen molar-refractivity contribution in [3.8, 4) is 0 Å². The van der Waals surface area contributed by atoms with Gasteiger partial charge in [0.1, 0.15) is 24.1 Å². The lowest BCUT2D eigenvalue weighted by Gasteiger charge is -2.28. The summed E-state index contributed by atoms with van der Waals surface area (Å²) in [5, 5.41) is 29.9. The van der Waals surface area contributed by atoms with E-state index in [1.165, 1.54) is 6.07 Å². The van der Waals surface area contributed by atoms with Crippen LogP contribution in [0.15, 0.2) is 21.8 Å². The third kappa shape index (κ3) is 4.03. The third-order valence-electron chi connectivity index (χ3n) is 4.11. The van der Waals surface area contributed by atoms with Crippen molar-refractivity contribution in [2.45, 2.75) is 43.4 Å². The maximum atomic E-state index is 15.2. The molecule has 28 heavy (non-hydrogen) atoms. The van der Waals surface area contributed by atoms with Crippen molar-refractivity contribution < 1.29 is 38.9 Å². The summed E-state index contributed by atoms with van der Waals surface area (Å²) in [6.45, 7) is 0.585. The number of alkyl halides is 1. The van der Waals surface area contributed by atoms with Crippen LogP contribution in [0.4, 0.5) is 10.2 Å². The molecule has 1 fully saturated rings. The number of nitrogens with two attached hydrogens (primary N) is 2. The lowest BCUT2D eigenvalue weighted by Crippen LogP contribution is -2.51. The van der Waals surface area contributed by atoms with E-state index >= 15 is 4.39 Å². The first-order chi connectivity index (χ1) is 12.7. The van der Waals surface area contributed by atoms with Gasteiger partial charge in [0, 0.05) is 13.1 Å². The van der Waals surface area contributed by atoms with E-state index in [4.69, 9.17) is 25.8 Å². The molecule has 1 aromatic heterocycles. The van der Waals surface area contributed by atoms with Gasteiger partial charge in [0.15, 0.2) is 6.23 Å². The number of anilines is 1. The van der Waals surface area contributed by atoms with Gasteiger partial charge in [-0.25, -0.2) is 14.0 Å². The van der Waals surface area contributed by atoms with E-state index in [-0.39, 0.29) is 5.82 Å². The summed E-state index contributed by atoms with van der Waals surface area (Å²) in [4.78, 5) is 37.7. The van der Waals surface area contributed by atoms with Crippen LogP contribution in [0.3, 0.4) is 0 Å². The van der Waals surface area contributed by atoms with Gasteiger partial charge >= 0.3 is 11.7 Å². The van der Waals surface area contributed by atoms with Crippen LogP contribution in [0.25, 0.3) is 0 Å². The SMILES string of the molecule is C[C@]1(O)[C@H](n2ccc(N)nc2=O)O[C@](F)(CO[C@@](C)(N=[P+](N)[O-])C(=O)O)[C@H]1O. The Hall–Kier alpha value is -2.06. The average Bonchev–Trinajstić information content (AvgIpc) is 2.74. The van der Waals surface area contributed by atoms with Gasteiger partial charge in [-0.05, 0) is 17.7 Å². The molecule has 0 aliphatic carbocycles. The number of aliphatic hydroxyl groups is 2. The summed E-state index contributed by atoms with van der Waals surface area (Å²) in [7, 11) is -2.82. The maximum absolute atomic E-state index is 15.2. The summed E-state index contributed by atoms with van der Waals surface area (Å²) >= 11 is 0. The van der Waals surface area contributed by atoms with Gasteiger partial charge in [0.2, 0.25) is 0 Å². The van der Waals surface area contributed by atoms with Crippen LogP contribution in [-0.4, -0.2) is 60.7 Å². The molecule has 1 aliphatic heterocycles. The number of hydrogen-bond acceptors (Lipinski definition) is 10. The van der Waals surface area contributed by atoms with Crippen LogP contribution >= 0.6 is 8.09 Å². The topological polar surface area (TPSA) is 219 Å². The Labute approximate surface area is 157 Å². The molecule has 0 bridgehead atoms. The molecule has 0 radical (unpaired) electrons. The predicted octanol–water partition coefficient (Wildman–Crippen LogP) is -2.24. The lowest BCUT2D eigenvalue weighted by atomic mass is 9.95. The van der Waals surface area contributed by atoms with Gasteiger partial charge in [-0.3, -0.25) is 4.57 Å². The second-order valence-electron chi connectivity index (χ2n) is 6.41. The summed E-state index contributed by atoms with van der Waals surface area (Å²) in [5.74, 6) is -5.04. The van der Waals surface area contributed by atoms with Crippen LogP contribution in [0.1, 0.15) is 20.1 Å². The van der Waals surface area contributed by atoms with Crippen molar-refractivity contribution in [1.82, 2.24) is 9.55 Å². The van der Waals surface area contributed by atoms with Gasteiger partial charge in [-0.15, -0.1) is 5.50 Å². The van der Waals surface area contributed by atoms with Crippen LogP contribution < -0.4 is 21.8 Å². The number of carboxylic acid groups (broad SMARTS) is 1. The first-order valence-corrected chi connectivity index (χ1v) is 8.95. The van der Waals surface area contributed by atoms with E-state index in [0.717, 1.165) is 20.0 Å². The molecule has 15 heteroatoms. The number of rotatable bonds is 6. The fourth-order valence-electron chi connectivity index (χ4n) is 2.56. The number of aliphatic hydroxyl groups excluding tert-OH is 1. The highest BCUT2D eigenvalue weighted by atomic mass is 31.1. The van der Waals surface area contributed by atoms with Crippen molar-refractivity contribution in [2.75, 3.05) is 12.3 Å². The quantitative estimate of drug-likeness (QED) is 0.308. The van der Waals surface area contributed by atoms with Gasteiger partial charge < -0.3 is 35.4 Å². The zero-order valence-corrected chi connectivity index (χ0v) is 15.6. The maximum Gasteiger partial charge on any atom is 0.363 e. The average molecular weight is 423 g/mol. The molecule has 6 atom stereocenters. The number of nitrogens with zero attached hydrogens (tertiary/aromatic N) is 3. The largest absolute Gasteiger partial charge is 0.595 e. The van der Waals surface area contributed by atoms with Gasteiger partial charge in [-0.2, -0.15) is 4.98 Å². The standard InChI is InChI=1S/C13H19FN5O8P/c1-11(24)7(20)13(14,5-26-12(2,9(21)22)18-28(16)25)27-8(11)19-4-3-6(15)17-10(19)23/h3-4,7-8,20,24H,5H2,1-2H3,(H2,16,18)(H,21,22)(H2,15,17,23)/t7-,8+,11+,12+,13+/m0/s1. The normalized spacial score (nSPS) is 32.9. The zero-order chi connectivity index (χ0) is 21.5. The van der Waals surface area contributed by atoms with Gasteiger partial charge in [-0.1, -0.05) is 0 Å². The molecular weight excluding hydrogens is 404 g/mol. The Kier molecular flexibility index (Phi) is 5.88. The Balaban J connectivity index is 2.34. The van der Waals surface area contributed by atoms with Crippen molar-refractivity contribution in [3.05, 3.63) is 22.7 Å². The number of nitrogen functional groups attached to an aromatic ring is 1. The minimum Gasteiger partial charge on any atom is -0.595 e. The van der Waals surface area contributed by atoms with Crippen molar-refractivity contribution in [1.29, 1.82) is 0 Å². The highest BCUT2D eigenvalue weighted by molar-refractivity contribution is 7.36. The second-order valence-corrected chi connectivity index (χ2v) is 7.21. The van der Waals surface area contributed by atoms with E-state index in [1.807, 2.05) is 0 Å². The summed E-state index contributed by atoms with van der Waals surface area (Å²) in [6, 6.07) is 1.18. The summed E-state index contributed by atoms with van der Waals surface area (Å²) in [6.07, 6.45) is -2.96. The van der Waals surface area contributed by atoms with E-state index < -0.39 is 55.9 Å². The molecule has 1 aliphatic rings. The van der Waals surface area contributed by atoms with Gasteiger partial charge in [0.05, 0.1) is 0 Å². The highest BCUT2D eigenvalue weighted by Crippen LogP contribution is 2.45. The molecule has 1 saturated heterocycles. The number of ether oxygens (including phenoxy) is 2. The number of carboxylic acids is 1. The first kappa shape index (κ1) is 22.2. The smallest absolute Gasteiger partial charge is 0.363 e. The van der Waals surface area contributed by atoms with E-state index in [2.05, 4.69) is 9.73 Å². The van der Waals surface area contributed by atoms with Crippen LogP contribution in [0, 0.1) is 0 Å². The molecule has 0 saturated carbocycles. The molecule has 13 nitrogen and oxygen atoms in total. The van der Waals surface area contributed by atoms with Crippen molar-refractivity contribution in [2.24, 2.45) is 10.2 Å². The minimum atomic E-state index is -3.17. The molecular formula is C13H19FN5O8P. The van der Waals surface area contributed by atoms with E-state index in [9.17, 15) is 24.7 Å². The zero-order valence-electron chi connectivity index (χ0n) is 14.7. The van der Waals surface area contributed by atoms with Gasteiger partial charge in [0.25, 0.3) is 19.7 Å². The molecule has 0 aromatic carbocycles. The lowest BCUT2D eigenvalue weighted by molar-refractivity contribution is -0.235. The number of aromatic nitrogens is 2. The highest BCUT2D eigenvalue weighted by Gasteiger charge is 2.64. The van der Waals surface area contributed by atoms with Crippen LogP contribution in [0.5, 0.6) is 0 Å². The molecule has 2 rings (SSSR count). The number of carbonyl (C=O) groups is 1. The number of halogens is 1. The van der Waals surface area contributed by atoms with Crippen LogP contribution in [-0.2, 0) is 14.3 Å². The predicted molar refractivity (Wildman–Crippen MR) is 89.0 cm³/mol. The summed E-state index contributed by atoms with van der Waals surface area (Å²) < 4.78 is 29.0. The van der Waals surface area contributed by atoms with E-state index in [1.54, 1.807) is 0 Å². The second kappa shape index (κ2) is 7.40. The Morgan fingerprint density at radius 2 is 2.29 bits per heavy atom. The van der Waals surface area contributed by atoms with Crippen molar-refractivity contribution >= 4 is 19.9 Å². The fourth-order valence-corrected chi connectivity index (χ4v) is 3.08. The Morgan fingerprint density at radius 3 is 2.79 bits per heavy atom. The molecule has 7 N–H and O–H groups in total. The molecule has 1 unspecified atom stereocenters. The Bertz CT molecular complexity index is 862. The third-order valence-corrected chi connectivity index (χ3v) is 4.69. The Morgan fingerprint density at radius 1 is 1.68 bits per heavy atom. The minimum absolute atomic E-state index is 0.135. The molecule has 0 amide bonds. The monoisotopic (exact) mass is 423 g/mol. The molecule has 1 aromatic rings.